The smallest absolute Gasteiger partial charge is 0.416 e. The van der Waals surface area contributed by atoms with Gasteiger partial charge in [-0.1, -0.05) is 12.1 Å². The second kappa shape index (κ2) is 4.52. The fourth-order valence-corrected chi connectivity index (χ4v) is 1.03. The predicted octanol–water partition coefficient (Wildman–Crippen LogP) is 3.40. The van der Waals surface area contributed by atoms with E-state index in [1.54, 1.807) is 0 Å². The second-order valence-electron chi connectivity index (χ2n) is 3.01. The Bertz CT molecular complexity index is 459. The van der Waals surface area contributed by atoms with E-state index in [0.717, 1.165) is 0 Å². The molecular formula is C10H5F5O2. The molecule has 7 heteroatoms. The number of hydrogen-bond acceptors (Lipinski definition) is 1. The first-order chi connectivity index (χ1) is 7.73. The molecule has 0 atom stereocenters. The maximum Gasteiger partial charge on any atom is 0.416 e. The van der Waals surface area contributed by atoms with E-state index in [2.05, 4.69) is 0 Å². The zero-order valence-electron chi connectivity index (χ0n) is 8.05. The Labute approximate surface area is 92.0 Å². The molecule has 0 heterocycles. The van der Waals surface area contributed by atoms with Crippen molar-refractivity contribution in [3.63, 3.8) is 0 Å². The number of aliphatic carboxylic acids is 1. The predicted molar refractivity (Wildman–Crippen MR) is 48.2 cm³/mol. The third kappa shape index (κ3) is 3.02. The molecule has 2 nitrogen and oxygen atoms in total. The maximum atomic E-state index is 13.1. The topological polar surface area (TPSA) is 37.3 Å². The van der Waals surface area contributed by atoms with Crippen LogP contribution in [-0.2, 0) is 11.0 Å². The number of carbonyl (C=O) groups is 1. The first-order valence-corrected chi connectivity index (χ1v) is 4.19. The minimum Gasteiger partial charge on any atom is -0.476 e. The van der Waals surface area contributed by atoms with Gasteiger partial charge in [0.15, 0.2) is 5.83 Å². The number of rotatable bonds is 2. The van der Waals surface area contributed by atoms with Crippen molar-refractivity contribution < 1.29 is 31.9 Å². The molecule has 0 saturated carbocycles. The molecule has 0 amide bonds. The highest BCUT2D eigenvalue weighted by molar-refractivity contribution is 5.92. The van der Waals surface area contributed by atoms with Crippen molar-refractivity contribution >= 4 is 11.8 Å². The molecule has 17 heavy (non-hydrogen) atoms. The van der Waals surface area contributed by atoms with Crippen molar-refractivity contribution in [2.75, 3.05) is 0 Å². The molecule has 1 rings (SSSR count). The van der Waals surface area contributed by atoms with E-state index in [1.807, 2.05) is 0 Å². The van der Waals surface area contributed by atoms with Crippen molar-refractivity contribution in [3.05, 3.63) is 41.2 Å². The summed E-state index contributed by atoms with van der Waals surface area (Å²) in [6.07, 6.45) is -4.59. The fraction of sp³-hybridized carbons (Fsp3) is 0.100. The van der Waals surface area contributed by atoms with Gasteiger partial charge in [0.25, 0.3) is 0 Å². The molecule has 0 radical (unpaired) electrons. The highest BCUT2D eigenvalue weighted by Crippen LogP contribution is 2.30. The Morgan fingerprint density at radius 1 is 1.06 bits per heavy atom. The monoisotopic (exact) mass is 252 g/mol. The normalized spacial score (nSPS) is 13.2. The lowest BCUT2D eigenvalue weighted by Gasteiger charge is -2.06. The summed E-state index contributed by atoms with van der Waals surface area (Å²) in [5, 5.41) is 8.14. The van der Waals surface area contributed by atoms with Crippen molar-refractivity contribution in [2.24, 2.45) is 0 Å². The van der Waals surface area contributed by atoms with Gasteiger partial charge in [-0.2, -0.15) is 17.6 Å². The number of alkyl halides is 3. The number of carboxylic acids is 1. The lowest BCUT2D eigenvalue weighted by atomic mass is 10.1. The van der Waals surface area contributed by atoms with Crippen LogP contribution in [0.15, 0.2) is 30.1 Å². The zero-order valence-corrected chi connectivity index (χ0v) is 8.05. The highest BCUT2D eigenvalue weighted by atomic mass is 19.4. The van der Waals surface area contributed by atoms with E-state index < -0.39 is 34.9 Å². The van der Waals surface area contributed by atoms with E-state index in [1.165, 1.54) is 0 Å². The number of hydrogen-bond donors (Lipinski definition) is 1. The molecule has 0 aliphatic carbocycles. The minimum atomic E-state index is -4.59. The largest absolute Gasteiger partial charge is 0.476 e. The van der Waals surface area contributed by atoms with E-state index in [9.17, 15) is 26.7 Å². The lowest BCUT2D eigenvalue weighted by molar-refractivity contribution is -0.137. The summed E-state index contributed by atoms with van der Waals surface area (Å²) in [5.74, 6) is -5.89. The van der Waals surface area contributed by atoms with Crippen LogP contribution < -0.4 is 0 Å². The molecule has 0 aliphatic heterocycles. The highest BCUT2D eigenvalue weighted by Gasteiger charge is 2.30. The average molecular weight is 252 g/mol. The van der Waals surface area contributed by atoms with Crippen LogP contribution in [0.5, 0.6) is 0 Å². The SMILES string of the molecule is O=C(O)/C(F)=C(\F)c1ccc(C(F)(F)F)cc1. The molecule has 0 unspecified atom stereocenters. The summed E-state index contributed by atoms with van der Waals surface area (Å²) in [6, 6.07) is 2.37. The van der Waals surface area contributed by atoms with Gasteiger partial charge in [0.05, 0.1) is 5.56 Å². The van der Waals surface area contributed by atoms with E-state index in [0.29, 0.717) is 24.3 Å². The van der Waals surface area contributed by atoms with Crippen LogP contribution in [0.4, 0.5) is 22.0 Å². The molecule has 0 spiro atoms. The van der Waals surface area contributed by atoms with Gasteiger partial charge < -0.3 is 5.11 Å². The van der Waals surface area contributed by atoms with Crippen LogP contribution in [0, 0.1) is 0 Å². The van der Waals surface area contributed by atoms with Crippen molar-refractivity contribution in [1.29, 1.82) is 0 Å². The first-order valence-electron chi connectivity index (χ1n) is 4.19. The number of halogens is 5. The van der Waals surface area contributed by atoms with Gasteiger partial charge in [0.2, 0.25) is 5.83 Å². The molecule has 1 aromatic carbocycles. The Morgan fingerprint density at radius 2 is 1.53 bits per heavy atom. The molecule has 0 saturated heterocycles. The van der Waals surface area contributed by atoms with Crippen LogP contribution in [-0.4, -0.2) is 11.1 Å². The Kier molecular flexibility index (Phi) is 3.50. The molecule has 0 fully saturated rings. The van der Waals surface area contributed by atoms with Gasteiger partial charge in [0, 0.05) is 5.56 Å². The molecule has 0 aliphatic rings. The molecule has 0 aromatic heterocycles. The summed E-state index contributed by atoms with van der Waals surface area (Å²) in [6.45, 7) is 0. The van der Waals surface area contributed by atoms with Gasteiger partial charge in [-0.3, -0.25) is 0 Å². The molecule has 92 valence electrons. The summed E-state index contributed by atoms with van der Waals surface area (Å²) < 4.78 is 62.1. The van der Waals surface area contributed by atoms with Crippen LogP contribution in [0.1, 0.15) is 11.1 Å². The second-order valence-corrected chi connectivity index (χ2v) is 3.01. The van der Waals surface area contributed by atoms with Crippen LogP contribution in [0.25, 0.3) is 5.83 Å². The van der Waals surface area contributed by atoms with Crippen molar-refractivity contribution in [3.8, 4) is 0 Å². The van der Waals surface area contributed by atoms with Gasteiger partial charge in [-0.25, -0.2) is 9.18 Å². The van der Waals surface area contributed by atoms with Crippen LogP contribution in [0.3, 0.4) is 0 Å². The van der Waals surface area contributed by atoms with E-state index in [4.69, 9.17) is 5.11 Å². The number of carboxylic acid groups (broad SMARTS) is 1. The third-order valence-corrected chi connectivity index (χ3v) is 1.85. The molecule has 1 N–H and O–H groups in total. The lowest BCUT2D eigenvalue weighted by Crippen LogP contribution is -2.04. The summed E-state index contributed by atoms with van der Waals surface area (Å²) in [5.41, 5.74) is -1.61. The Balaban J connectivity index is 3.12. The molecular weight excluding hydrogens is 247 g/mol. The summed E-state index contributed by atoms with van der Waals surface area (Å²) in [4.78, 5) is 10.1. The summed E-state index contributed by atoms with van der Waals surface area (Å²) in [7, 11) is 0. The van der Waals surface area contributed by atoms with Crippen molar-refractivity contribution in [2.45, 2.75) is 6.18 Å². The molecule has 0 bridgehead atoms. The first kappa shape index (κ1) is 13.1. The van der Waals surface area contributed by atoms with Gasteiger partial charge >= 0.3 is 12.1 Å². The standard InChI is InChI=1S/C10H5F5O2/c11-7(8(12)9(16)17)5-1-3-6(4-2-5)10(13,14)15/h1-4H,(H,16,17)/b8-7+. The Hall–Kier alpha value is -1.92. The third-order valence-electron chi connectivity index (χ3n) is 1.85. The fourth-order valence-electron chi connectivity index (χ4n) is 1.03. The Morgan fingerprint density at radius 3 is 1.88 bits per heavy atom. The molecule has 1 aromatic rings. The van der Waals surface area contributed by atoms with Crippen molar-refractivity contribution in [1.82, 2.24) is 0 Å². The van der Waals surface area contributed by atoms with E-state index in [-0.39, 0.29) is 0 Å². The summed E-state index contributed by atoms with van der Waals surface area (Å²) >= 11 is 0. The number of benzene rings is 1. The minimum absolute atomic E-state index is 0.532. The van der Waals surface area contributed by atoms with Gasteiger partial charge in [0.1, 0.15) is 0 Å². The van der Waals surface area contributed by atoms with Gasteiger partial charge in [-0.15, -0.1) is 0 Å². The maximum absolute atomic E-state index is 13.1. The van der Waals surface area contributed by atoms with Crippen LogP contribution >= 0.6 is 0 Å². The van der Waals surface area contributed by atoms with Gasteiger partial charge in [-0.05, 0) is 12.1 Å². The zero-order chi connectivity index (χ0) is 13.2. The van der Waals surface area contributed by atoms with Crippen LogP contribution in [0.2, 0.25) is 0 Å². The van der Waals surface area contributed by atoms with E-state index >= 15 is 0 Å². The average Bonchev–Trinajstić information content (AvgIpc) is 2.26. The quantitative estimate of drug-likeness (QED) is 0.647.